The van der Waals surface area contributed by atoms with Crippen LogP contribution in [0.25, 0.3) is 10.9 Å². The van der Waals surface area contributed by atoms with Crippen molar-refractivity contribution < 1.29 is 19.0 Å². The molecule has 2 heterocycles. The van der Waals surface area contributed by atoms with Gasteiger partial charge in [0.1, 0.15) is 5.82 Å². The molecular formula is C16H19FN2O3. The van der Waals surface area contributed by atoms with Crippen LogP contribution in [0, 0.1) is 11.7 Å². The lowest BCUT2D eigenvalue weighted by atomic mass is 10.0. The molecule has 1 N–H and O–H groups in total. The molecule has 22 heavy (non-hydrogen) atoms. The molecule has 1 saturated heterocycles. The van der Waals surface area contributed by atoms with Gasteiger partial charge < -0.3 is 9.84 Å². The van der Waals surface area contributed by atoms with Gasteiger partial charge in [0, 0.05) is 17.8 Å². The third-order valence-corrected chi connectivity index (χ3v) is 4.12. The molecule has 1 aliphatic rings. The SMILES string of the molecule is CCCC1CC(Cn2nc(C(=O)O)c3cc(F)ccc32)CO1. The number of nitrogens with zero attached hydrogens (tertiary/aromatic N) is 2. The van der Waals surface area contributed by atoms with E-state index < -0.39 is 11.8 Å². The minimum absolute atomic E-state index is 0.0986. The van der Waals surface area contributed by atoms with Crippen molar-refractivity contribution in [3.8, 4) is 0 Å². The van der Waals surface area contributed by atoms with Gasteiger partial charge in [-0.15, -0.1) is 0 Å². The van der Waals surface area contributed by atoms with Crippen molar-refractivity contribution in [3.63, 3.8) is 0 Å². The summed E-state index contributed by atoms with van der Waals surface area (Å²) in [6, 6.07) is 4.15. The Bertz CT molecular complexity index is 698. The summed E-state index contributed by atoms with van der Waals surface area (Å²) in [5.41, 5.74) is 0.552. The number of carboxylic acids is 1. The highest BCUT2D eigenvalue weighted by Gasteiger charge is 2.26. The van der Waals surface area contributed by atoms with E-state index >= 15 is 0 Å². The molecule has 0 bridgehead atoms. The standard InChI is InChI=1S/C16H19FN2O3/c1-2-3-12-6-10(9-22-12)8-19-14-5-4-11(17)7-13(14)15(18-19)16(20)21/h4-5,7,10,12H,2-3,6,8-9H2,1H3,(H,20,21). The molecule has 2 atom stereocenters. The lowest BCUT2D eigenvalue weighted by Crippen LogP contribution is -2.13. The van der Waals surface area contributed by atoms with Gasteiger partial charge in [0.25, 0.3) is 0 Å². The Labute approximate surface area is 127 Å². The van der Waals surface area contributed by atoms with Crippen LogP contribution in [0.5, 0.6) is 0 Å². The Kier molecular flexibility index (Phi) is 4.11. The molecule has 5 nitrogen and oxygen atoms in total. The number of carbonyl (C=O) groups is 1. The zero-order valence-electron chi connectivity index (χ0n) is 12.5. The predicted molar refractivity (Wildman–Crippen MR) is 79.4 cm³/mol. The zero-order valence-corrected chi connectivity index (χ0v) is 12.5. The first kappa shape index (κ1) is 15.0. The van der Waals surface area contributed by atoms with Crippen molar-refractivity contribution in [2.45, 2.75) is 38.8 Å². The average molecular weight is 306 g/mol. The number of hydrogen-bond acceptors (Lipinski definition) is 3. The van der Waals surface area contributed by atoms with Gasteiger partial charge in [0.05, 0.1) is 18.2 Å². The molecule has 0 saturated carbocycles. The quantitative estimate of drug-likeness (QED) is 0.922. The average Bonchev–Trinajstić information content (AvgIpc) is 3.05. The largest absolute Gasteiger partial charge is 0.476 e. The van der Waals surface area contributed by atoms with Crippen LogP contribution >= 0.6 is 0 Å². The van der Waals surface area contributed by atoms with Gasteiger partial charge in [-0.25, -0.2) is 9.18 Å². The molecule has 1 aromatic carbocycles. The summed E-state index contributed by atoms with van der Waals surface area (Å²) in [6.07, 6.45) is 3.37. The maximum Gasteiger partial charge on any atom is 0.357 e. The highest BCUT2D eigenvalue weighted by atomic mass is 19.1. The Balaban J connectivity index is 1.87. The molecule has 1 aliphatic heterocycles. The van der Waals surface area contributed by atoms with Gasteiger partial charge in [-0.2, -0.15) is 5.10 Å². The van der Waals surface area contributed by atoms with Crippen LogP contribution in [-0.2, 0) is 11.3 Å². The Morgan fingerprint density at radius 2 is 2.36 bits per heavy atom. The highest BCUT2D eigenvalue weighted by Crippen LogP contribution is 2.27. The number of aromatic carboxylic acids is 1. The summed E-state index contributed by atoms with van der Waals surface area (Å²) >= 11 is 0. The smallest absolute Gasteiger partial charge is 0.357 e. The highest BCUT2D eigenvalue weighted by molar-refractivity contribution is 6.01. The van der Waals surface area contributed by atoms with Crippen LogP contribution in [0.4, 0.5) is 4.39 Å². The monoisotopic (exact) mass is 306 g/mol. The van der Waals surface area contributed by atoms with Crippen LogP contribution in [0.2, 0.25) is 0 Å². The zero-order chi connectivity index (χ0) is 15.7. The first-order chi connectivity index (χ1) is 10.6. The predicted octanol–water partition coefficient (Wildman–Crippen LogP) is 3.08. The molecule has 118 valence electrons. The maximum atomic E-state index is 13.4. The summed E-state index contributed by atoms with van der Waals surface area (Å²) in [7, 11) is 0. The fourth-order valence-corrected chi connectivity index (χ4v) is 3.12. The molecule has 6 heteroatoms. The molecule has 0 radical (unpaired) electrons. The number of hydrogen-bond donors (Lipinski definition) is 1. The van der Waals surface area contributed by atoms with E-state index in [9.17, 15) is 14.3 Å². The van der Waals surface area contributed by atoms with Crippen molar-refractivity contribution in [3.05, 3.63) is 29.7 Å². The first-order valence-electron chi connectivity index (χ1n) is 7.59. The number of carboxylic acid groups (broad SMARTS) is 1. The Morgan fingerprint density at radius 1 is 1.55 bits per heavy atom. The minimum Gasteiger partial charge on any atom is -0.476 e. The van der Waals surface area contributed by atoms with Gasteiger partial charge >= 0.3 is 5.97 Å². The lowest BCUT2D eigenvalue weighted by molar-refractivity contribution is 0.0691. The first-order valence-corrected chi connectivity index (χ1v) is 7.59. The summed E-state index contributed by atoms with van der Waals surface area (Å²) in [4.78, 5) is 11.3. The Hall–Kier alpha value is -1.95. The van der Waals surface area contributed by atoms with E-state index in [4.69, 9.17) is 4.74 Å². The summed E-state index contributed by atoms with van der Waals surface area (Å²) in [6.45, 7) is 3.39. The van der Waals surface area contributed by atoms with Crippen LogP contribution in [-0.4, -0.2) is 33.6 Å². The summed E-state index contributed by atoms with van der Waals surface area (Å²) < 4.78 is 20.8. The second kappa shape index (κ2) is 6.04. The minimum atomic E-state index is -1.14. The van der Waals surface area contributed by atoms with Gasteiger partial charge in [-0.05, 0) is 31.0 Å². The number of aromatic nitrogens is 2. The molecule has 0 spiro atoms. The van der Waals surface area contributed by atoms with Gasteiger partial charge in [0.15, 0.2) is 5.69 Å². The molecule has 1 fully saturated rings. The summed E-state index contributed by atoms with van der Waals surface area (Å²) in [5, 5.41) is 13.7. The fraction of sp³-hybridized carbons (Fsp3) is 0.500. The van der Waals surface area contributed by atoms with Crippen LogP contribution in [0.3, 0.4) is 0 Å². The Morgan fingerprint density at radius 3 is 3.09 bits per heavy atom. The molecule has 2 unspecified atom stereocenters. The summed E-state index contributed by atoms with van der Waals surface area (Å²) in [5.74, 6) is -1.28. The maximum absolute atomic E-state index is 13.4. The van der Waals surface area contributed by atoms with E-state index in [1.54, 1.807) is 10.7 Å². The van der Waals surface area contributed by atoms with Gasteiger partial charge in [-0.3, -0.25) is 4.68 Å². The number of ether oxygens (including phenoxy) is 1. The van der Waals surface area contributed by atoms with E-state index in [0.29, 0.717) is 30.0 Å². The molecular weight excluding hydrogens is 287 g/mol. The van der Waals surface area contributed by atoms with E-state index in [0.717, 1.165) is 19.3 Å². The molecule has 1 aromatic heterocycles. The van der Waals surface area contributed by atoms with Crippen molar-refractivity contribution in [1.29, 1.82) is 0 Å². The van der Waals surface area contributed by atoms with Crippen LogP contribution in [0.1, 0.15) is 36.7 Å². The van der Waals surface area contributed by atoms with Crippen molar-refractivity contribution in [1.82, 2.24) is 9.78 Å². The van der Waals surface area contributed by atoms with Crippen LogP contribution in [0.15, 0.2) is 18.2 Å². The van der Waals surface area contributed by atoms with E-state index in [-0.39, 0.29) is 11.8 Å². The molecule has 0 amide bonds. The van der Waals surface area contributed by atoms with E-state index in [2.05, 4.69) is 12.0 Å². The van der Waals surface area contributed by atoms with E-state index in [1.165, 1.54) is 12.1 Å². The molecule has 3 rings (SSSR count). The molecule has 2 aromatic rings. The van der Waals surface area contributed by atoms with E-state index in [1.807, 2.05) is 0 Å². The molecule has 0 aliphatic carbocycles. The van der Waals surface area contributed by atoms with Gasteiger partial charge in [-0.1, -0.05) is 13.3 Å². The third-order valence-electron chi connectivity index (χ3n) is 4.12. The van der Waals surface area contributed by atoms with Crippen LogP contribution < -0.4 is 0 Å². The lowest BCUT2D eigenvalue weighted by Gasteiger charge is -2.09. The van der Waals surface area contributed by atoms with Crippen molar-refractivity contribution >= 4 is 16.9 Å². The fourth-order valence-electron chi connectivity index (χ4n) is 3.12. The van der Waals surface area contributed by atoms with Gasteiger partial charge in [0.2, 0.25) is 0 Å². The number of benzene rings is 1. The third kappa shape index (κ3) is 2.83. The van der Waals surface area contributed by atoms with Crippen molar-refractivity contribution in [2.24, 2.45) is 5.92 Å². The normalized spacial score (nSPS) is 21.5. The number of halogens is 1. The number of rotatable bonds is 5. The number of fused-ring (bicyclic) bond motifs is 1. The second-order valence-electron chi connectivity index (χ2n) is 5.84. The second-order valence-corrected chi connectivity index (χ2v) is 5.84. The topological polar surface area (TPSA) is 64.4 Å². The van der Waals surface area contributed by atoms with Crippen molar-refractivity contribution in [2.75, 3.05) is 6.61 Å².